The van der Waals surface area contributed by atoms with Crippen LogP contribution in [-0.2, 0) is 0 Å². The van der Waals surface area contributed by atoms with Crippen LogP contribution in [0, 0.1) is 10.1 Å². The van der Waals surface area contributed by atoms with Crippen molar-refractivity contribution in [2.75, 3.05) is 5.32 Å². The lowest BCUT2D eigenvalue weighted by Gasteiger charge is -2.08. The standard InChI is InChI=1S/C19H12Cl2N2O3/c20-14-9-13(10-15(21)11-14)19(24)12-5-7-16(8-6-12)22-17-3-1-2-4-18(17)23(25)26/h1-11,22H. The second-order valence-electron chi connectivity index (χ2n) is 5.46. The minimum Gasteiger partial charge on any atom is -0.350 e. The maximum absolute atomic E-state index is 12.5. The number of benzene rings is 3. The zero-order valence-electron chi connectivity index (χ0n) is 13.3. The normalized spacial score (nSPS) is 10.4. The van der Waals surface area contributed by atoms with Crippen LogP contribution < -0.4 is 5.32 Å². The van der Waals surface area contributed by atoms with E-state index in [1.165, 1.54) is 6.07 Å². The van der Waals surface area contributed by atoms with Crippen LogP contribution in [0.25, 0.3) is 0 Å². The first-order chi connectivity index (χ1) is 12.4. The van der Waals surface area contributed by atoms with Gasteiger partial charge in [-0.2, -0.15) is 0 Å². The number of hydrogen-bond acceptors (Lipinski definition) is 4. The fraction of sp³-hybridized carbons (Fsp3) is 0. The van der Waals surface area contributed by atoms with Crippen molar-refractivity contribution >= 4 is 46.0 Å². The summed E-state index contributed by atoms with van der Waals surface area (Å²) >= 11 is 11.9. The number of nitrogens with one attached hydrogen (secondary N) is 1. The zero-order valence-corrected chi connectivity index (χ0v) is 14.8. The number of halogens is 2. The highest BCUT2D eigenvalue weighted by atomic mass is 35.5. The van der Waals surface area contributed by atoms with Crippen LogP contribution in [0.15, 0.2) is 66.7 Å². The maximum atomic E-state index is 12.5. The second-order valence-corrected chi connectivity index (χ2v) is 6.34. The van der Waals surface area contributed by atoms with Crippen LogP contribution in [0.1, 0.15) is 15.9 Å². The molecule has 0 aliphatic rings. The molecule has 0 spiro atoms. The largest absolute Gasteiger partial charge is 0.350 e. The molecular formula is C19H12Cl2N2O3. The van der Waals surface area contributed by atoms with Gasteiger partial charge in [0.05, 0.1) is 4.92 Å². The molecule has 3 aromatic carbocycles. The minimum atomic E-state index is -0.455. The third kappa shape index (κ3) is 4.02. The van der Waals surface area contributed by atoms with Gasteiger partial charge in [-0.1, -0.05) is 35.3 Å². The number of carbonyl (C=O) groups is 1. The summed E-state index contributed by atoms with van der Waals surface area (Å²) < 4.78 is 0. The average molecular weight is 387 g/mol. The van der Waals surface area contributed by atoms with E-state index >= 15 is 0 Å². The SMILES string of the molecule is O=C(c1ccc(Nc2ccccc2[N+](=O)[O-])cc1)c1cc(Cl)cc(Cl)c1. The van der Waals surface area contributed by atoms with Crippen LogP contribution in [0.3, 0.4) is 0 Å². The third-order valence-corrected chi connectivity index (χ3v) is 4.09. The van der Waals surface area contributed by atoms with Gasteiger partial charge in [-0.25, -0.2) is 0 Å². The number of hydrogen-bond donors (Lipinski definition) is 1. The van der Waals surface area contributed by atoms with Crippen molar-refractivity contribution in [3.05, 3.63) is 98.0 Å². The average Bonchev–Trinajstić information content (AvgIpc) is 2.61. The third-order valence-electron chi connectivity index (χ3n) is 3.65. The number of carbonyl (C=O) groups excluding carboxylic acids is 1. The Kier molecular flexibility index (Phi) is 5.21. The molecule has 7 heteroatoms. The summed E-state index contributed by atoms with van der Waals surface area (Å²) in [4.78, 5) is 23.1. The summed E-state index contributed by atoms with van der Waals surface area (Å²) in [6, 6.07) is 17.6. The van der Waals surface area contributed by atoms with Gasteiger partial charge in [0.2, 0.25) is 0 Å². The number of nitro benzene ring substituents is 1. The highest BCUT2D eigenvalue weighted by Gasteiger charge is 2.14. The number of nitro groups is 1. The van der Waals surface area contributed by atoms with E-state index in [0.717, 1.165) is 0 Å². The summed E-state index contributed by atoms with van der Waals surface area (Å²) in [7, 11) is 0. The lowest BCUT2D eigenvalue weighted by Crippen LogP contribution is -2.02. The van der Waals surface area contributed by atoms with Crippen molar-refractivity contribution in [2.45, 2.75) is 0 Å². The van der Waals surface area contributed by atoms with E-state index in [1.54, 1.807) is 60.7 Å². The topological polar surface area (TPSA) is 72.2 Å². The summed E-state index contributed by atoms with van der Waals surface area (Å²) in [6.07, 6.45) is 0. The minimum absolute atomic E-state index is 0.0266. The fourth-order valence-corrected chi connectivity index (χ4v) is 2.98. The fourth-order valence-electron chi connectivity index (χ4n) is 2.45. The predicted molar refractivity (Wildman–Crippen MR) is 103 cm³/mol. The first-order valence-corrected chi connectivity index (χ1v) is 8.31. The van der Waals surface area contributed by atoms with Crippen molar-refractivity contribution in [2.24, 2.45) is 0 Å². The molecular weight excluding hydrogens is 375 g/mol. The molecule has 0 bridgehead atoms. The van der Waals surface area contributed by atoms with Crippen LogP contribution in [-0.4, -0.2) is 10.7 Å². The van der Waals surface area contributed by atoms with Gasteiger partial charge < -0.3 is 5.32 Å². The number of para-hydroxylation sites is 2. The van der Waals surface area contributed by atoms with E-state index < -0.39 is 4.92 Å². The first-order valence-electron chi connectivity index (χ1n) is 7.55. The Labute approximate surface area is 159 Å². The van der Waals surface area contributed by atoms with Crippen molar-refractivity contribution in [1.29, 1.82) is 0 Å². The molecule has 0 saturated carbocycles. The molecule has 0 unspecified atom stereocenters. The molecule has 3 rings (SSSR count). The molecule has 0 aromatic heterocycles. The molecule has 0 aliphatic heterocycles. The van der Waals surface area contributed by atoms with Gasteiger partial charge in [-0.15, -0.1) is 0 Å². The lowest BCUT2D eigenvalue weighted by atomic mass is 10.0. The van der Waals surface area contributed by atoms with E-state index in [9.17, 15) is 14.9 Å². The molecule has 0 heterocycles. The Morgan fingerprint density at radius 3 is 2.12 bits per heavy atom. The van der Waals surface area contributed by atoms with Crippen molar-refractivity contribution in [1.82, 2.24) is 0 Å². The monoisotopic (exact) mass is 386 g/mol. The van der Waals surface area contributed by atoms with Crippen LogP contribution in [0.4, 0.5) is 17.1 Å². The predicted octanol–water partition coefficient (Wildman–Crippen LogP) is 5.88. The van der Waals surface area contributed by atoms with Gasteiger partial charge in [0.25, 0.3) is 5.69 Å². The van der Waals surface area contributed by atoms with E-state index in [-0.39, 0.29) is 11.5 Å². The molecule has 0 amide bonds. The Morgan fingerprint density at radius 1 is 0.885 bits per heavy atom. The number of nitrogens with zero attached hydrogens (tertiary/aromatic N) is 1. The highest BCUT2D eigenvalue weighted by molar-refractivity contribution is 6.35. The second kappa shape index (κ2) is 7.56. The molecule has 5 nitrogen and oxygen atoms in total. The zero-order chi connectivity index (χ0) is 18.7. The molecule has 130 valence electrons. The van der Waals surface area contributed by atoms with Crippen LogP contribution >= 0.6 is 23.2 Å². The van der Waals surface area contributed by atoms with Gasteiger partial charge >= 0.3 is 0 Å². The van der Waals surface area contributed by atoms with E-state index in [4.69, 9.17) is 23.2 Å². The van der Waals surface area contributed by atoms with Crippen LogP contribution in [0.2, 0.25) is 10.0 Å². The molecule has 3 aromatic rings. The lowest BCUT2D eigenvalue weighted by molar-refractivity contribution is -0.383. The number of rotatable bonds is 5. The quantitative estimate of drug-likeness (QED) is 0.337. The Morgan fingerprint density at radius 2 is 1.50 bits per heavy atom. The molecule has 0 radical (unpaired) electrons. The van der Waals surface area contributed by atoms with Crippen molar-refractivity contribution < 1.29 is 9.72 Å². The molecule has 0 fully saturated rings. The Hall–Kier alpha value is -2.89. The van der Waals surface area contributed by atoms with E-state index in [1.807, 2.05) is 0 Å². The summed E-state index contributed by atoms with van der Waals surface area (Å²) in [5.74, 6) is -0.216. The molecule has 0 atom stereocenters. The van der Waals surface area contributed by atoms with E-state index in [0.29, 0.717) is 32.5 Å². The molecule has 0 saturated heterocycles. The van der Waals surface area contributed by atoms with Gasteiger partial charge in [0, 0.05) is 32.9 Å². The van der Waals surface area contributed by atoms with Gasteiger partial charge in [-0.3, -0.25) is 14.9 Å². The maximum Gasteiger partial charge on any atom is 0.292 e. The molecule has 26 heavy (non-hydrogen) atoms. The Balaban J connectivity index is 1.83. The van der Waals surface area contributed by atoms with Gasteiger partial charge in [0.1, 0.15) is 5.69 Å². The van der Waals surface area contributed by atoms with Gasteiger partial charge in [-0.05, 0) is 48.5 Å². The van der Waals surface area contributed by atoms with Crippen molar-refractivity contribution in [3.63, 3.8) is 0 Å². The van der Waals surface area contributed by atoms with Crippen LogP contribution in [0.5, 0.6) is 0 Å². The van der Waals surface area contributed by atoms with Gasteiger partial charge in [0.15, 0.2) is 5.78 Å². The first kappa shape index (κ1) is 17.9. The Bertz CT molecular complexity index is 968. The van der Waals surface area contributed by atoms with Crippen molar-refractivity contribution in [3.8, 4) is 0 Å². The number of anilines is 2. The molecule has 0 aliphatic carbocycles. The molecule has 1 N–H and O–H groups in total. The highest BCUT2D eigenvalue weighted by Crippen LogP contribution is 2.27. The summed E-state index contributed by atoms with van der Waals surface area (Å²) in [5, 5.41) is 14.8. The smallest absolute Gasteiger partial charge is 0.292 e. The summed E-state index contributed by atoms with van der Waals surface area (Å²) in [6.45, 7) is 0. The summed E-state index contributed by atoms with van der Waals surface area (Å²) in [5.41, 5.74) is 1.82. The number of ketones is 1. The van der Waals surface area contributed by atoms with E-state index in [2.05, 4.69) is 5.32 Å².